The van der Waals surface area contributed by atoms with E-state index in [0.29, 0.717) is 0 Å². The highest BCUT2D eigenvalue weighted by Crippen LogP contribution is 2.25. The Hall–Kier alpha value is -2.16. The van der Waals surface area contributed by atoms with Crippen LogP contribution in [0.3, 0.4) is 0 Å². The number of hydrogen-bond acceptors (Lipinski definition) is 2. The van der Waals surface area contributed by atoms with Crippen LogP contribution in [0.15, 0.2) is 54.4 Å². The van der Waals surface area contributed by atoms with E-state index in [0.717, 1.165) is 18.8 Å². The van der Waals surface area contributed by atoms with Crippen LogP contribution in [-0.4, -0.2) is 21.6 Å². The standard InChI is InChI=1S/C18H23N3/c1-18(2,3)21-10-5-4-6-16(21)13-20-11-9-14-12-15(19)7-8-17(14)20/h4-9,11-12H,10,13,19H2,1-3H3. The maximum atomic E-state index is 5.86. The summed E-state index contributed by atoms with van der Waals surface area (Å²) in [4.78, 5) is 2.45. The number of fused-ring (bicyclic) bond motifs is 1. The zero-order valence-electron chi connectivity index (χ0n) is 13.0. The van der Waals surface area contributed by atoms with Gasteiger partial charge in [0, 0.05) is 40.6 Å². The number of aromatic nitrogens is 1. The van der Waals surface area contributed by atoms with Gasteiger partial charge in [-0.3, -0.25) is 0 Å². The minimum atomic E-state index is 0.129. The first-order valence-corrected chi connectivity index (χ1v) is 7.43. The van der Waals surface area contributed by atoms with Crippen LogP contribution in [0.4, 0.5) is 5.69 Å². The molecule has 110 valence electrons. The fraction of sp³-hybridized carbons (Fsp3) is 0.333. The summed E-state index contributed by atoms with van der Waals surface area (Å²) in [5.74, 6) is 0. The quantitative estimate of drug-likeness (QED) is 0.850. The second-order valence-electron chi connectivity index (χ2n) is 6.63. The first-order valence-electron chi connectivity index (χ1n) is 7.43. The molecule has 0 amide bonds. The highest BCUT2D eigenvalue weighted by atomic mass is 15.2. The second-order valence-corrected chi connectivity index (χ2v) is 6.63. The number of benzene rings is 1. The van der Waals surface area contributed by atoms with Crippen LogP contribution < -0.4 is 5.73 Å². The molecule has 3 rings (SSSR count). The van der Waals surface area contributed by atoms with E-state index in [1.807, 2.05) is 12.1 Å². The topological polar surface area (TPSA) is 34.2 Å². The van der Waals surface area contributed by atoms with Crippen LogP contribution in [0.5, 0.6) is 0 Å². The summed E-state index contributed by atoms with van der Waals surface area (Å²) >= 11 is 0. The number of rotatable bonds is 2. The summed E-state index contributed by atoms with van der Waals surface area (Å²) in [5, 5.41) is 1.20. The molecular weight excluding hydrogens is 258 g/mol. The summed E-state index contributed by atoms with van der Waals surface area (Å²) in [6.45, 7) is 8.63. The van der Waals surface area contributed by atoms with Crippen LogP contribution in [0.1, 0.15) is 20.8 Å². The molecule has 0 spiro atoms. The van der Waals surface area contributed by atoms with Crippen molar-refractivity contribution in [2.45, 2.75) is 32.9 Å². The van der Waals surface area contributed by atoms with Crippen LogP contribution in [-0.2, 0) is 6.54 Å². The van der Waals surface area contributed by atoms with Gasteiger partial charge in [-0.05, 0) is 51.1 Å². The minimum absolute atomic E-state index is 0.129. The lowest BCUT2D eigenvalue weighted by Gasteiger charge is -2.40. The van der Waals surface area contributed by atoms with Gasteiger partial charge in [0.1, 0.15) is 0 Å². The van der Waals surface area contributed by atoms with E-state index in [1.165, 1.54) is 16.6 Å². The third-order valence-corrected chi connectivity index (χ3v) is 4.00. The molecule has 0 saturated carbocycles. The van der Waals surface area contributed by atoms with Crippen molar-refractivity contribution in [2.75, 3.05) is 12.3 Å². The maximum Gasteiger partial charge on any atom is 0.0625 e. The van der Waals surface area contributed by atoms with Crippen LogP contribution in [0.25, 0.3) is 10.9 Å². The first kappa shape index (κ1) is 13.8. The normalized spacial score (nSPS) is 15.6. The molecule has 0 aliphatic carbocycles. The second kappa shape index (κ2) is 4.99. The summed E-state index contributed by atoms with van der Waals surface area (Å²) in [6, 6.07) is 8.23. The Labute approximate surface area is 126 Å². The van der Waals surface area contributed by atoms with Crippen molar-refractivity contribution in [1.29, 1.82) is 0 Å². The van der Waals surface area contributed by atoms with E-state index < -0.39 is 0 Å². The smallest absolute Gasteiger partial charge is 0.0625 e. The molecular formula is C18H23N3. The zero-order chi connectivity index (χ0) is 15.0. The Morgan fingerprint density at radius 3 is 2.76 bits per heavy atom. The van der Waals surface area contributed by atoms with Crippen LogP contribution in [0.2, 0.25) is 0 Å². The molecule has 2 N–H and O–H groups in total. The van der Waals surface area contributed by atoms with Gasteiger partial charge < -0.3 is 15.2 Å². The molecule has 1 aromatic carbocycles. The van der Waals surface area contributed by atoms with E-state index >= 15 is 0 Å². The molecule has 2 aromatic rings. The van der Waals surface area contributed by atoms with Gasteiger partial charge in [0.2, 0.25) is 0 Å². The van der Waals surface area contributed by atoms with Gasteiger partial charge in [0.05, 0.1) is 6.54 Å². The maximum absolute atomic E-state index is 5.86. The number of anilines is 1. The molecule has 2 heterocycles. The Kier molecular flexibility index (Phi) is 3.28. The fourth-order valence-electron chi connectivity index (χ4n) is 2.93. The molecule has 0 fully saturated rings. The van der Waals surface area contributed by atoms with Gasteiger partial charge in [0.25, 0.3) is 0 Å². The van der Waals surface area contributed by atoms with Crippen molar-refractivity contribution >= 4 is 16.6 Å². The third kappa shape index (κ3) is 2.68. The highest BCUT2D eigenvalue weighted by molar-refractivity contribution is 5.83. The number of nitrogen functional groups attached to an aromatic ring is 1. The monoisotopic (exact) mass is 281 g/mol. The molecule has 0 unspecified atom stereocenters. The van der Waals surface area contributed by atoms with Crippen molar-refractivity contribution in [2.24, 2.45) is 0 Å². The number of hydrogen-bond donors (Lipinski definition) is 1. The van der Waals surface area contributed by atoms with Gasteiger partial charge in [0.15, 0.2) is 0 Å². The highest BCUT2D eigenvalue weighted by Gasteiger charge is 2.23. The third-order valence-electron chi connectivity index (χ3n) is 4.00. The Morgan fingerprint density at radius 2 is 2.00 bits per heavy atom. The van der Waals surface area contributed by atoms with Crippen molar-refractivity contribution in [3.05, 3.63) is 54.4 Å². The minimum Gasteiger partial charge on any atom is -0.399 e. The summed E-state index contributed by atoms with van der Waals surface area (Å²) in [6.07, 6.45) is 8.73. The van der Waals surface area contributed by atoms with Crippen LogP contribution >= 0.6 is 0 Å². The van der Waals surface area contributed by atoms with E-state index in [-0.39, 0.29) is 5.54 Å². The molecule has 0 bridgehead atoms. The lowest BCUT2D eigenvalue weighted by Crippen LogP contribution is -2.42. The zero-order valence-corrected chi connectivity index (χ0v) is 13.0. The van der Waals surface area contributed by atoms with E-state index in [2.05, 4.69) is 66.8 Å². The molecule has 0 atom stereocenters. The molecule has 21 heavy (non-hydrogen) atoms. The van der Waals surface area contributed by atoms with Crippen molar-refractivity contribution in [3.63, 3.8) is 0 Å². The Balaban J connectivity index is 1.94. The Bertz CT molecular complexity index is 714. The van der Waals surface area contributed by atoms with Gasteiger partial charge >= 0.3 is 0 Å². The Morgan fingerprint density at radius 1 is 1.19 bits per heavy atom. The molecule has 1 aromatic heterocycles. The molecule has 3 nitrogen and oxygen atoms in total. The average Bonchev–Trinajstić information content (AvgIpc) is 2.80. The lowest BCUT2D eigenvalue weighted by molar-refractivity contribution is 0.193. The number of nitrogens with zero attached hydrogens (tertiary/aromatic N) is 2. The lowest BCUT2D eigenvalue weighted by atomic mass is 10.0. The molecule has 3 heteroatoms. The first-order chi connectivity index (χ1) is 9.95. The predicted octanol–water partition coefficient (Wildman–Crippen LogP) is 3.78. The summed E-state index contributed by atoms with van der Waals surface area (Å²) in [7, 11) is 0. The van der Waals surface area contributed by atoms with Gasteiger partial charge in [-0.25, -0.2) is 0 Å². The molecule has 0 saturated heterocycles. The molecule has 1 aliphatic rings. The molecule has 1 aliphatic heterocycles. The molecule has 0 radical (unpaired) electrons. The van der Waals surface area contributed by atoms with Gasteiger partial charge in [-0.1, -0.05) is 12.2 Å². The van der Waals surface area contributed by atoms with Gasteiger partial charge in [-0.2, -0.15) is 0 Å². The number of allylic oxidation sites excluding steroid dienone is 3. The van der Waals surface area contributed by atoms with Crippen molar-refractivity contribution in [3.8, 4) is 0 Å². The SMILES string of the molecule is CC(C)(C)N1CC=CC=C1Cn1ccc2cc(N)ccc21. The van der Waals surface area contributed by atoms with Crippen molar-refractivity contribution < 1.29 is 0 Å². The summed E-state index contributed by atoms with van der Waals surface area (Å²) in [5.41, 5.74) is 9.38. The largest absolute Gasteiger partial charge is 0.399 e. The van der Waals surface area contributed by atoms with E-state index in [1.54, 1.807) is 0 Å². The van der Waals surface area contributed by atoms with Crippen molar-refractivity contribution in [1.82, 2.24) is 9.47 Å². The van der Waals surface area contributed by atoms with E-state index in [9.17, 15) is 0 Å². The number of nitrogens with two attached hydrogens (primary N) is 1. The van der Waals surface area contributed by atoms with Gasteiger partial charge in [-0.15, -0.1) is 0 Å². The summed E-state index contributed by atoms with van der Waals surface area (Å²) < 4.78 is 2.29. The van der Waals surface area contributed by atoms with Crippen LogP contribution in [0, 0.1) is 0 Å². The fourth-order valence-corrected chi connectivity index (χ4v) is 2.93. The average molecular weight is 281 g/mol. The van der Waals surface area contributed by atoms with E-state index in [4.69, 9.17) is 5.73 Å². The predicted molar refractivity (Wildman–Crippen MR) is 90.0 cm³/mol.